The number of hydrogen-bond acceptors (Lipinski definition) is 5. The highest BCUT2D eigenvalue weighted by molar-refractivity contribution is 7.14. The molecular formula is C30H27N3O3S. The van der Waals surface area contributed by atoms with Crippen LogP contribution in [0.15, 0.2) is 78.2 Å². The van der Waals surface area contributed by atoms with Crippen molar-refractivity contribution in [1.29, 1.82) is 0 Å². The molecule has 0 fully saturated rings. The first-order chi connectivity index (χ1) is 18.0. The van der Waals surface area contributed by atoms with Gasteiger partial charge in [0.15, 0.2) is 5.13 Å². The molecule has 1 unspecified atom stereocenters. The third-order valence-electron chi connectivity index (χ3n) is 7.72. The zero-order chi connectivity index (χ0) is 25.6. The Kier molecular flexibility index (Phi) is 5.80. The molecule has 0 saturated carbocycles. The number of ether oxygens (including phenoxy) is 1. The number of fused-ring (bicyclic) bond motifs is 1. The molecule has 3 aliphatic rings. The Hall–Kier alpha value is -3.97. The molecule has 2 N–H and O–H groups in total. The summed E-state index contributed by atoms with van der Waals surface area (Å²) in [6.07, 6.45) is 0.734. The summed E-state index contributed by atoms with van der Waals surface area (Å²) < 4.78 is 5.17. The largest absolute Gasteiger partial charge is 0.497 e. The van der Waals surface area contributed by atoms with Crippen molar-refractivity contribution in [1.82, 2.24) is 10.3 Å². The minimum absolute atomic E-state index is 0.0304. The molecule has 3 aliphatic carbocycles. The number of thiazole rings is 1. The molecule has 0 radical (unpaired) electrons. The molecule has 0 spiro atoms. The minimum atomic E-state index is -0.629. The van der Waals surface area contributed by atoms with Crippen LogP contribution in [-0.4, -0.2) is 23.9 Å². The summed E-state index contributed by atoms with van der Waals surface area (Å²) in [5.41, 5.74) is 5.72. The number of rotatable bonds is 6. The summed E-state index contributed by atoms with van der Waals surface area (Å²) in [5.74, 6) is 0.576. The summed E-state index contributed by atoms with van der Waals surface area (Å²) >= 11 is 1.27. The van der Waals surface area contributed by atoms with E-state index in [0.717, 1.165) is 17.7 Å². The molecule has 1 aromatic heterocycles. The van der Waals surface area contributed by atoms with Crippen molar-refractivity contribution in [2.75, 3.05) is 12.4 Å². The number of hydrogen-bond donors (Lipinski definition) is 2. The van der Waals surface area contributed by atoms with Gasteiger partial charge < -0.3 is 15.4 Å². The lowest BCUT2D eigenvalue weighted by Gasteiger charge is -2.50. The van der Waals surface area contributed by atoms with Crippen molar-refractivity contribution >= 4 is 28.3 Å². The average molecular weight is 510 g/mol. The van der Waals surface area contributed by atoms with E-state index in [1.54, 1.807) is 12.5 Å². The lowest BCUT2D eigenvalue weighted by atomic mass is 9.52. The van der Waals surface area contributed by atoms with Gasteiger partial charge in [0.25, 0.3) is 5.91 Å². The summed E-state index contributed by atoms with van der Waals surface area (Å²) in [4.78, 5) is 30.9. The second kappa shape index (κ2) is 9.16. The van der Waals surface area contributed by atoms with Crippen molar-refractivity contribution in [3.63, 3.8) is 0 Å². The molecule has 2 amide bonds. The molecule has 6 nitrogen and oxygen atoms in total. The van der Waals surface area contributed by atoms with Crippen LogP contribution in [0.5, 0.6) is 5.75 Å². The van der Waals surface area contributed by atoms with Crippen LogP contribution in [-0.2, 0) is 11.3 Å². The lowest BCUT2D eigenvalue weighted by Crippen LogP contribution is -2.47. The van der Waals surface area contributed by atoms with Gasteiger partial charge in [0, 0.05) is 23.8 Å². The minimum Gasteiger partial charge on any atom is -0.497 e. The van der Waals surface area contributed by atoms with Crippen molar-refractivity contribution in [3.8, 4) is 5.75 Å². The Morgan fingerprint density at radius 3 is 2.22 bits per heavy atom. The fourth-order valence-electron chi connectivity index (χ4n) is 5.88. The maximum absolute atomic E-state index is 13.8. The molecule has 2 bridgehead atoms. The Balaban J connectivity index is 1.18. The molecule has 1 atom stereocenters. The zero-order valence-corrected chi connectivity index (χ0v) is 21.5. The van der Waals surface area contributed by atoms with E-state index >= 15 is 0 Å². The number of carbonyl (C=O) groups excluding carboxylic acids is 2. The Morgan fingerprint density at radius 1 is 0.973 bits per heavy atom. The highest BCUT2D eigenvalue weighted by Crippen LogP contribution is 2.61. The van der Waals surface area contributed by atoms with Gasteiger partial charge in [-0.1, -0.05) is 60.7 Å². The van der Waals surface area contributed by atoms with Crippen LogP contribution in [0.3, 0.4) is 0 Å². The second-order valence-electron chi connectivity index (χ2n) is 9.89. The first kappa shape index (κ1) is 23.4. The number of amides is 2. The zero-order valence-electron chi connectivity index (χ0n) is 20.7. The molecule has 3 aromatic carbocycles. The molecule has 0 saturated heterocycles. The highest BCUT2D eigenvalue weighted by Gasteiger charge is 2.53. The fraction of sp³-hybridized carbons (Fsp3) is 0.233. The van der Waals surface area contributed by atoms with Gasteiger partial charge in [-0.25, -0.2) is 4.98 Å². The number of aromatic nitrogens is 1. The second-order valence-corrected chi connectivity index (χ2v) is 10.7. The number of methoxy groups -OCH3 is 1. The predicted octanol–water partition coefficient (Wildman–Crippen LogP) is 5.71. The van der Waals surface area contributed by atoms with Gasteiger partial charge in [0.1, 0.15) is 11.4 Å². The summed E-state index contributed by atoms with van der Waals surface area (Å²) in [5, 5.41) is 8.03. The molecule has 186 valence electrons. The van der Waals surface area contributed by atoms with E-state index in [1.165, 1.54) is 33.6 Å². The van der Waals surface area contributed by atoms with Gasteiger partial charge in [-0.15, -0.1) is 11.3 Å². The average Bonchev–Trinajstić information content (AvgIpc) is 3.40. The summed E-state index contributed by atoms with van der Waals surface area (Å²) in [6.45, 7) is 2.43. The predicted molar refractivity (Wildman–Crippen MR) is 144 cm³/mol. The molecule has 7 heteroatoms. The quantitative estimate of drug-likeness (QED) is 0.349. The molecular weight excluding hydrogens is 482 g/mol. The molecule has 4 aromatic rings. The maximum atomic E-state index is 13.8. The Labute approximate surface area is 219 Å². The number of anilines is 1. The van der Waals surface area contributed by atoms with Gasteiger partial charge in [-0.2, -0.15) is 0 Å². The van der Waals surface area contributed by atoms with E-state index < -0.39 is 5.41 Å². The van der Waals surface area contributed by atoms with E-state index in [-0.39, 0.29) is 23.7 Å². The van der Waals surface area contributed by atoms with E-state index in [1.807, 2.05) is 24.3 Å². The van der Waals surface area contributed by atoms with Crippen LogP contribution in [0.1, 0.15) is 63.5 Å². The van der Waals surface area contributed by atoms with Crippen molar-refractivity contribution in [2.45, 2.75) is 31.7 Å². The summed E-state index contributed by atoms with van der Waals surface area (Å²) in [7, 11) is 1.62. The fourth-order valence-corrected chi connectivity index (χ4v) is 6.57. The van der Waals surface area contributed by atoms with Crippen molar-refractivity contribution < 1.29 is 14.3 Å². The first-order valence-corrected chi connectivity index (χ1v) is 13.2. The van der Waals surface area contributed by atoms with Gasteiger partial charge in [-0.05, 0) is 53.3 Å². The van der Waals surface area contributed by atoms with Crippen molar-refractivity contribution in [2.24, 2.45) is 5.41 Å². The SMILES string of the molecule is COc1ccc(CNC(=O)c2csc(NC(=O)C3(C)CC4c5ccccc5C3c3ccccc34)n2)cc1. The van der Waals surface area contributed by atoms with Crippen molar-refractivity contribution in [3.05, 3.63) is 112 Å². The third-order valence-corrected chi connectivity index (χ3v) is 8.48. The van der Waals surface area contributed by atoms with E-state index in [9.17, 15) is 9.59 Å². The summed E-state index contributed by atoms with van der Waals surface area (Å²) in [6, 6.07) is 24.5. The molecule has 1 heterocycles. The normalized spacial score (nSPS) is 21.0. The third kappa shape index (κ3) is 4.00. The number of nitrogens with one attached hydrogen (secondary N) is 2. The highest BCUT2D eigenvalue weighted by atomic mass is 32.1. The van der Waals surface area contributed by atoms with Gasteiger partial charge in [-0.3, -0.25) is 9.59 Å². The Morgan fingerprint density at radius 2 is 1.59 bits per heavy atom. The van der Waals surface area contributed by atoms with Crippen LogP contribution in [0.4, 0.5) is 5.13 Å². The topological polar surface area (TPSA) is 80.3 Å². The van der Waals surface area contributed by atoms with Crippen LogP contribution in [0.25, 0.3) is 0 Å². The standard InChI is InChI=1S/C30H27N3O3S/c1-30(15-24-20-7-3-5-9-22(20)26(30)23-10-6-4-8-21(23)24)28(35)33-29-32-25(17-37-29)27(34)31-16-18-11-13-19(36-2)14-12-18/h3-14,17,24,26H,15-16H2,1-2H3,(H,31,34)(H,32,33,35). The maximum Gasteiger partial charge on any atom is 0.271 e. The van der Waals surface area contributed by atoms with E-state index in [4.69, 9.17) is 4.74 Å². The number of benzene rings is 3. The van der Waals surface area contributed by atoms with Gasteiger partial charge in [0.05, 0.1) is 12.5 Å². The molecule has 0 aliphatic heterocycles. The van der Waals surface area contributed by atoms with Gasteiger partial charge >= 0.3 is 0 Å². The van der Waals surface area contributed by atoms with Crippen LogP contribution < -0.4 is 15.4 Å². The first-order valence-electron chi connectivity index (χ1n) is 12.3. The van der Waals surface area contributed by atoms with E-state index in [0.29, 0.717) is 17.4 Å². The monoisotopic (exact) mass is 509 g/mol. The molecule has 7 rings (SSSR count). The number of nitrogens with zero attached hydrogens (tertiary/aromatic N) is 1. The lowest BCUT2D eigenvalue weighted by molar-refractivity contribution is -0.126. The van der Waals surface area contributed by atoms with Crippen LogP contribution >= 0.6 is 11.3 Å². The van der Waals surface area contributed by atoms with Crippen LogP contribution in [0, 0.1) is 5.41 Å². The van der Waals surface area contributed by atoms with E-state index in [2.05, 4.69) is 71.1 Å². The number of carbonyl (C=O) groups is 2. The smallest absolute Gasteiger partial charge is 0.271 e. The molecule has 37 heavy (non-hydrogen) atoms. The van der Waals surface area contributed by atoms with Crippen LogP contribution in [0.2, 0.25) is 0 Å². The van der Waals surface area contributed by atoms with Gasteiger partial charge in [0.2, 0.25) is 5.91 Å². The Bertz CT molecular complexity index is 1450.